The van der Waals surface area contributed by atoms with Crippen LogP contribution in [0.4, 0.5) is 0 Å². The second kappa shape index (κ2) is 7.44. The van der Waals surface area contributed by atoms with Crippen molar-refractivity contribution in [3.05, 3.63) is 83.7 Å². The molecular formula is C28H24N6O. The van der Waals surface area contributed by atoms with Gasteiger partial charge in [-0.25, -0.2) is 9.97 Å². The summed E-state index contributed by atoms with van der Waals surface area (Å²) in [5, 5.41) is 25.2. The monoisotopic (exact) mass is 460 g/mol. The van der Waals surface area contributed by atoms with E-state index in [2.05, 4.69) is 34.4 Å². The third kappa shape index (κ3) is 3.38. The van der Waals surface area contributed by atoms with Gasteiger partial charge in [-0.2, -0.15) is 14.9 Å². The molecule has 35 heavy (non-hydrogen) atoms. The summed E-state index contributed by atoms with van der Waals surface area (Å²) in [6, 6.07) is 22.5. The molecule has 7 heteroatoms. The molecule has 3 heterocycles. The third-order valence-corrected chi connectivity index (χ3v) is 6.92. The lowest BCUT2D eigenvalue weighted by Crippen LogP contribution is -2.58. The summed E-state index contributed by atoms with van der Waals surface area (Å²) >= 11 is 0. The van der Waals surface area contributed by atoms with E-state index in [4.69, 9.17) is 10.7 Å². The minimum atomic E-state index is -0.711. The molecule has 0 aliphatic heterocycles. The topological polar surface area (TPSA) is 113 Å². The maximum absolute atomic E-state index is 10.2. The Morgan fingerprint density at radius 2 is 1.74 bits per heavy atom. The van der Waals surface area contributed by atoms with Gasteiger partial charge < -0.3 is 10.8 Å². The summed E-state index contributed by atoms with van der Waals surface area (Å²) in [5.74, 6) is 0. The van der Waals surface area contributed by atoms with Crippen molar-refractivity contribution in [1.29, 1.82) is 5.26 Å². The average molecular weight is 461 g/mol. The van der Waals surface area contributed by atoms with Gasteiger partial charge in [-0.1, -0.05) is 54.6 Å². The lowest BCUT2D eigenvalue weighted by Gasteiger charge is -2.49. The van der Waals surface area contributed by atoms with E-state index >= 15 is 0 Å². The highest BCUT2D eigenvalue weighted by atomic mass is 16.3. The van der Waals surface area contributed by atoms with E-state index in [0.29, 0.717) is 35.4 Å². The van der Waals surface area contributed by atoms with E-state index in [1.165, 1.54) is 0 Å². The van der Waals surface area contributed by atoms with Gasteiger partial charge in [-0.15, -0.1) is 0 Å². The summed E-state index contributed by atoms with van der Waals surface area (Å²) < 4.78 is 1.65. The quantitative estimate of drug-likeness (QED) is 0.410. The van der Waals surface area contributed by atoms with E-state index in [9.17, 15) is 10.4 Å². The predicted octanol–water partition coefficient (Wildman–Crippen LogP) is 4.49. The molecular weight excluding hydrogens is 436 g/mol. The average Bonchev–Trinajstić information content (AvgIpc) is 3.18. The molecule has 0 unspecified atom stereocenters. The molecule has 1 saturated carbocycles. The van der Waals surface area contributed by atoms with Crippen molar-refractivity contribution in [2.24, 2.45) is 5.73 Å². The summed E-state index contributed by atoms with van der Waals surface area (Å²) in [5.41, 5.74) is 12.3. The van der Waals surface area contributed by atoms with E-state index in [-0.39, 0.29) is 0 Å². The molecule has 0 amide bonds. The molecule has 0 saturated heterocycles. The molecule has 7 nitrogen and oxygen atoms in total. The van der Waals surface area contributed by atoms with Crippen molar-refractivity contribution >= 4 is 16.7 Å². The van der Waals surface area contributed by atoms with Gasteiger partial charge in [-0.3, -0.25) is 0 Å². The van der Waals surface area contributed by atoms with Crippen LogP contribution in [0.5, 0.6) is 0 Å². The zero-order valence-electron chi connectivity index (χ0n) is 19.5. The molecule has 2 aromatic carbocycles. The molecule has 1 aliphatic carbocycles. The Morgan fingerprint density at radius 3 is 2.40 bits per heavy atom. The number of pyridine rings is 1. The van der Waals surface area contributed by atoms with Gasteiger partial charge in [0, 0.05) is 28.2 Å². The minimum absolute atomic E-state index is 0.455. The zero-order valence-corrected chi connectivity index (χ0v) is 19.5. The Hall–Kier alpha value is -4.12. The fraction of sp³-hybridized carbons (Fsp3) is 0.214. The van der Waals surface area contributed by atoms with Crippen LogP contribution in [-0.2, 0) is 5.54 Å². The number of hydrogen-bond donors (Lipinski definition) is 2. The fourth-order valence-electron chi connectivity index (χ4n) is 5.36. The Kier molecular flexibility index (Phi) is 4.55. The Balaban J connectivity index is 1.55. The van der Waals surface area contributed by atoms with Crippen LogP contribution >= 0.6 is 0 Å². The third-order valence-electron chi connectivity index (χ3n) is 6.92. The molecule has 1 aliphatic rings. The number of fused-ring (bicyclic) bond motifs is 3. The van der Waals surface area contributed by atoms with Crippen LogP contribution in [0.1, 0.15) is 36.6 Å². The van der Waals surface area contributed by atoms with Crippen LogP contribution in [0, 0.1) is 18.3 Å². The highest BCUT2D eigenvalue weighted by Gasteiger charge is 2.49. The number of nitriles is 1. The lowest BCUT2D eigenvalue weighted by molar-refractivity contribution is -0.0738. The first-order valence-electron chi connectivity index (χ1n) is 11.5. The molecule has 0 spiro atoms. The Morgan fingerprint density at radius 1 is 1.03 bits per heavy atom. The number of benzene rings is 2. The first kappa shape index (κ1) is 21.4. The lowest BCUT2D eigenvalue weighted by atomic mass is 9.63. The molecule has 3 N–H and O–H groups in total. The summed E-state index contributed by atoms with van der Waals surface area (Å²) in [4.78, 5) is 9.58. The first-order valence-corrected chi connectivity index (χ1v) is 11.5. The number of nitrogens with two attached hydrogens (primary N) is 1. The summed E-state index contributed by atoms with van der Waals surface area (Å²) in [7, 11) is 0. The molecule has 6 rings (SSSR count). The number of hydrogen-bond acceptors (Lipinski definition) is 6. The van der Waals surface area contributed by atoms with Crippen LogP contribution < -0.4 is 5.73 Å². The van der Waals surface area contributed by atoms with Gasteiger partial charge in [0.1, 0.15) is 11.6 Å². The second-order valence-electron chi connectivity index (χ2n) is 9.81. The van der Waals surface area contributed by atoms with Crippen molar-refractivity contribution < 1.29 is 5.11 Å². The zero-order chi connectivity index (χ0) is 24.4. The van der Waals surface area contributed by atoms with Crippen molar-refractivity contribution in [2.75, 3.05) is 0 Å². The smallest absolute Gasteiger partial charge is 0.175 e. The number of nitrogens with zero attached hydrogens (tertiary/aromatic N) is 5. The predicted molar refractivity (Wildman–Crippen MR) is 134 cm³/mol. The Bertz CT molecular complexity index is 1640. The van der Waals surface area contributed by atoms with Gasteiger partial charge in [0.15, 0.2) is 11.3 Å². The summed E-state index contributed by atoms with van der Waals surface area (Å²) in [6.45, 7) is 3.62. The van der Waals surface area contributed by atoms with E-state index in [1.807, 2.05) is 49.4 Å². The standard InChI is InChI=1S/C28H24N6O/c1-17-23(13-29)26-31-14-20-12-22(18-6-4-3-5-7-18)24(32-25(20)34(26)33-17)19-8-10-21(11-9-19)28(30)15-27(2,35)16-28/h3-12,14,35H,15-16,30H2,1-2H3. The van der Waals surface area contributed by atoms with Crippen LogP contribution in [0.2, 0.25) is 0 Å². The van der Waals surface area contributed by atoms with Crippen LogP contribution in [-0.4, -0.2) is 30.3 Å². The highest BCUT2D eigenvalue weighted by molar-refractivity contribution is 5.91. The van der Waals surface area contributed by atoms with Gasteiger partial charge in [0.05, 0.1) is 17.0 Å². The number of aryl methyl sites for hydroxylation is 1. The van der Waals surface area contributed by atoms with Gasteiger partial charge >= 0.3 is 0 Å². The normalized spacial score (nSPS) is 21.7. The highest BCUT2D eigenvalue weighted by Crippen LogP contribution is 2.46. The first-order chi connectivity index (χ1) is 16.8. The fourth-order valence-corrected chi connectivity index (χ4v) is 5.36. The molecule has 172 valence electrons. The van der Waals surface area contributed by atoms with Crippen molar-refractivity contribution in [2.45, 2.75) is 37.8 Å². The van der Waals surface area contributed by atoms with E-state index < -0.39 is 11.1 Å². The maximum atomic E-state index is 10.2. The van der Waals surface area contributed by atoms with Crippen LogP contribution in [0.15, 0.2) is 66.9 Å². The molecule has 1 fully saturated rings. The van der Waals surface area contributed by atoms with Crippen LogP contribution in [0.25, 0.3) is 39.1 Å². The van der Waals surface area contributed by atoms with Gasteiger partial charge in [0.2, 0.25) is 0 Å². The number of aliphatic hydroxyl groups is 1. The van der Waals surface area contributed by atoms with Crippen molar-refractivity contribution in [1.82, 2.24) is 19.6 Å². The second-order valence-corrected chi connectivity index (χ2v) is 9.81. The minimum Gasteiger partial charge on any atom is -0.390 e. The van der Waals surface area contributed by atoms with Gasteiger partial charge in [-0.05, 0) is 43.9 Å². The van der Waals surface area contributed by atoms with Crippen molar-refractivity contribution in [3.8, 4) is 28.5 Å². The maximum Gasteiger partial charge on any atom is 0.175 e. The molecule has 0 bridgehead atoms. The van der Waals surface area contributed by atoms with E-state index in [1.54, 1.807) is 17.6 Å². The number of aromatic nitrogens is 4. The Labute approximate surface area is 202 Å². The summed E-state index contributed by atoms with van der Waals surface area (Å²) in [6.07, 6.45) is 2.82. The van der Waals surface area contributed by atoms with Crippen LogP contribution in [0.3, 0.4) is 0 Å². The van der Waals surface area contributed by atoms with Crippen molar-refractivity contribution in [3.63, 3.8) is 0 Å². The van der Waals surface area contributed by atoms with Gasteiger partial charge in [0.25, 0.3) is 0 Å². The largest absolute Gasteiger partial charge is 0.390 e. The SMILES string of the molecule is Cc1nn2c(ncc3cc(-c4ccccc4)c(-c4ccc(C5(N)CC(C)(O)C5)cc4)nc32)c1C#N. The molecule has 3 aromatic heterocycles. The van der Waals surface area contributed by atoms with E-state index in [0.717, 1.165) is 33.3 Å². The number of rotatable bonds is 3. The molecule has 5 aromatic rings. The molecule has 0 atom stereocenters. The molecule has 0 radical (unpaired) electrons.